The van der Waals surface area contributed by atoms with Gasteiger partial charge in [-0.25, -0.2) is 0 Å². The van der Waals surface area contributed by atoms with Gasteiger partial charge in [-0.05, 0) is 36.5 Å². The van der Waals surface area contributed by atoms with Crippen LogP contribution in [0.1, 0.15) is 31.4 Å². The van der Waals surface area contributed by atoms with Gasteiger partial charge >= 0.3 is 0 Å². The van der Waals surface area contributed by atoms with E-state index in [1.165, 1.54) is 16.7 Å². The maximum atomic E-state index is 11.0. The van der Waals surface area contributed by atoms with E-state index in [-0.39, 0.29) is 5.91 Å². The second-order valence-corrected chi connectivity index (χ2v) is 3.94. The Morgan fingerprint density at radius 3 is 2.73 bits per heavy atom. The van der Waals surface area contributed by atoms with Crippen molar-refractivity contribution >= 4 is 11.5 Å². The van der Waals surface area contributed by atoms with E-state index in [1.807, 2.05) is 6.07 Å². The smallest absolute Gasteiger partial charge is 0.221 e. The molecule has 0 atom stereocenters. The molecule has 15 heavy (non-hydrogen) atoms. The molecule has 0 spiro atoms. The molecule has 0 aromatic heterocycles. The molecule has 0 aliphatic heterocycles. The van der Waals surface area contributed by atoms with Gasteiger partial charge in [0.05, 0.1) is 0 Å². The standard InChI is InChI=1S/C13H15NO/c1-9-12-6-4-3-5-11(12)7-8-13(9)14-10(2)15/h3-6H,7-8H2,1-2H3,(H,14,15). The van der Waals surface area contributed by atoms with E-state index in [0.29, 0.717) is 0 Å². The van der Waals surface area contributed by atoms with Crippen LogP contribution in [-0.2, 0) is 11.2 Å². The first-order valence-corrected chi connectivity index (χ1v) is 5.24. The lowest BCUT2D eigenvalue weighted by Gasteiger charge is -2.21. The van der Waals surface area contributed by atoms with E-state index in [4.69, 9.17) is 0 Å². The molecule has 0 bridgehead atoms. The maximum Gasteiger partial charge on any atom is 0.221 e. The molecule has 1 amide bonds. The summed E-state index contributed by atoms with van der Waals surface area (Å²) >= 11 is 0. The number of carbonyl (C=O) groups is 1. The van der Waals surface area contributed by atoms with E-state index >= 15 is 0 Å². The highest BCUT2D eigenvalue weighted by Gasteiger charge is 2.15. The van der Waals surface area contributed by atoms with Gasteiger partial charge < -0.3 is 5.32 Å². The Hall–Kier alpha value is -1.57. The van der Waals surface area contributed by atoms with Crippen molar-refractivity contribution in [2.75, 3.05) is 0 Å². The van der Waals surface area contributed by atoms with Crippen molar-refractivity contribution in [2.24, 2.45) is 0 Å². The predicted octanol–water partition coefficient (Wildman–Crippen LogP) is 2.50. The number of fused-ring (bicyclic) bond motifs is 1. The van der Waals surface area contributed by atoms with Crippen LogP contribution in [-0.4, -0.2) is 5.91 Å². The Balaban J connectivity index is 2.40. The van der Waals surface area contributed by atoms with Crippen LogP contribution < -0.4 is 5.32 Å². The number of nitrogens with one attached hydrogen (secondary N) is 1. The molecule has 0 heterocycles. The Morgan fingerprint density at radius 2 is 2.00 bits per heavy atom. The fraction of sp³-hybridized carbons (Fsp3) is 0.308. The summed E-state index contributed by atoms with van der Waals surface area (Å²) in [4.78, 5) is 11.0. The van der Waals surface area contributed by atoms with E-state index in [0.717, 1.165) is 18.5 Å². The number of rotatable bonds is 1. The molecular weight excluding hydrogens is 186 g/mol. The maximum absolute atomic E-state index is 11.0. The Morgan fingerprint density at radius 1 is 1.27 bits per heavy atom. The van der Waals surface area contributed by atoms with Crippen LogP contribution in [0.5, 0.6) is 0 Å². The summed E-state index contributed by atoms with van der Waals surface area (Å²) in [6.07, 6.45) is 1.95. The van der Waals surface area contributed by atoms with Gasteiger partial charge in [0.2, 0.25) is 5.91 Å². The van der Waals surface area contributed by atoms with Crippen LogP contribution >= 0.6 is 0 Å². The average Bonchev–Trinajstić information content (AvgIpc) is 2.22. The fourth-order valence-corrected chi connectivity index (χ4v) is 2.08. The Labute approximate surface area is 90.0 Å². The number of allylic oxidation sites excluding steroid dienone is 2. The largest absolute Gasteiger partial charge is 0.330 e. The topological polar surface area (TPSA) is 29.1 Å². The van der Waals surface area contributed by atoms with E-state index in [9.17, 15) is 4.79 Å². The predicted molar refractivity (Wildman–Crippen MR) is 61.2 cm³/mol. The molecule has 0 radical (unpaired) electrons. The van der Waals surface area contributed by atoms with Crippen molar-refractivity contribution in [3.63, 3.8) is 0 Å². The molecule has 1 N–H and O–H groups in total. The summed E-state index contributed by atoms with van der Waals surface area (Å²) in [7, 11) is 0. The summed E-state index contributed by atoms with van der Waals surface area (Å²) in [5.41, 5.74) is 4.92. The molecule has 0 unspecified atom stereocenters. The van der Waals surface area contributed by atoms with E-state index < -0.39 is 0 Å². The highest BCUT2D eigenvalue weighted by Crippen LogP contribution is 2.29. The van der Waals surface area contributed by atoms with Crippen LogP contribution in [0.25, 0.3) is 5.57 Å². The van der Waals surface area contributed by atoms with Gasteiger partial charge in [0.1, 0.15) is 0 Å². The summed E-state index contributed by atoms with van der Waals surface area (Å²) < 4.78 is 0. The summed E-state index contributed by atoms with van der Waals surface area (Å²) in [6.45, 7) is 3.63. The number of hydrogen-bond acceptors (Lipinski definition) is 1. The first-order valence-electron chi connectivity index (χ1n) is 5.24. The number of amides is 1. The number of carbonyl (C=O) groups excluding carboxylic acids is 1. The lowest BCUT2D eigenvalue weighted by Crippen LogP contribution is -2.22. The van der Waals surface area contributed by atoms with Gasteiger partial charge in [-0.1, -0.05) is 24.3 Å². The van der Waals surface area contributed by atoms with Gasteiger partial charge in [0.25, 0.3) is 0 Å². The first-order chi connectivity index (χ1) is 7.18. The van der Waals surface area contributed by atoms with Crippen molar-refractivity contribution in [2.45, 2.75) is 26.7 Å². The monoisotopic (exact) mass is 201 g/mol. The second kappa shape index (κ2) is 3.89. The first kappa shape index (κ1) is 9.97. The summed E-state index contributed by atoms with van der Waals surface area (Å²) in [5.74, 6) is 0.0173. The molecule has 2 heteroatoms. The minimum Gasteiger partial charge on any atom is -0.330 e. The molecular formula is C13H15NO. The average molecular weight is 201 g/mol. The highest BCUT2D eigenvalue weighted by atomic mass is 16.1. The van der Waals surface area contributed by atoms with E-state index in [1.54, 1.807) is 6.92 Å². The van der Waals surface area contributed by atoms with Crippen LogP contribution in [0.3, 0.4) is 0 Å². The molecule has 1 aliphatic rings. The van der Waals surface area contributed by atoms with Crippen LogP contribution in [0.4, 0.5) is 0 Å². The Bertz CT molecular complexity index is 432. The van der Waals surface area contributed by atoms with Crippen molar-refractivity contribution in [3.05, 3.63) is 41.1 Å². The molecule has 1 aromatic rings. The zero-order valence-corrected chi connectivity index (χ0v) is 9.13. The molecule has 0 saturated carbocycles. The molecule has 0 fully saturated rings. The number of benzene rings is 1. The van der Waals surface area contributed by atoms with Crippen LogP contribution in [0.15, 0.2) is 30.0 Å². The van der Waals surface area contributed by atoms with E-state index in [2.05, 4.69) is 30.4 Å². The molecule has 0 saturated heterocycles. The van der Waals surface area contributed by atoms with Crippen LogP contribution in [0, 0.1) is 0 Å². The molecule has 2 nitrogen and oxygen atoms in total. The van der Waals surface area contributed by atoms with Crippen LogP contribution in [0.2, 0.25) is 0 Å². The normalized spacial score (nSPS) is 14.8. The number of aryl methyl sites for hydroxylation is 1. The quantitative estimate of drug-likeness (QED) is 0.743. The Kier molecular flexibility index (Phi) is 2.58. The molecule has 78 valence electrons. The summed E-state index contributed by atoms with van der Waals surface area (Å²) in [5, 5.41) is 2.91. The fourth-order valence-electron chi connectivity index (χ4n) is 2.08. The van der Waals surface area contributed by atoms with Gasteiger partial charge in [-0.2, -0.15) is 0 Å². The lowest BCUT2D eigenvalue weighted by atomic mass is 9.89. The minimum atomic E-state index is 0.0173. The molecule has 1 aromatic carbocycles. The zero-order chi connectivity index (χ0) is 10.8. The van der Waals surface area contributed by atoms with Gasteiger partial charge in [-0.15, -0.1) is 0 Å². The third-order valence-corrected chi connectivity index (χ3v) is 2.85. The minimum absolute atomic E-state index is 0.0173. The lowest BCUT2D eigenvalue weighted by molar-refractivity contribution is -0.118. The van der Waals surface area contributed by atoms with Gasteiger partial charge in [0.15, 0.2) is 0 Å². The zero-order valence-electron chi connectivity index (χ0n) is 9.13. The van der Waals surface area contributed by atoms with Crippen molar-refractivity contribution in [1.29, 1.82) is 0 Å². The van der Waals surface area contributed by atoms with Gasteiger partial charge in [-0.3, -0.25) is 4.79 Å². The van der Waals surface area contributed by atoms with Crippen molar-refractivity contribution in [3.8, 4) is 0 Å². The third kappa shape index (κ3) is 1.94. The number of hydrogen-bond donors (Lipinski definition) is 1. The molecule has 2 rings (SSSR count). The highest BCUT2D eigenvalue weighted by molar-refractivity contribution is 5.80. The second-order valence-electron chi connectivity index (χ2n) is 3.94. The summed E-state index contributed by atoms with van der Waals surface area (Å²) in [6, 6.07) is 8.38. The van der Waals surface area contributed by atoms with Crippen molar-refractivity contribution in [1.82, 2.24) is 5.32 Å². The molecule has 1 aliphatic carbocycles. The van der Waals surface area contributed by atoms with Gasteiger partial charge in [0, 0.05) is 12.6 Å². The SMILES string of the molecule is CC(=O)NC1=C(C)c2ccccc2CC1. The van der Waals surface area contributed by atoms with Crippen molar-refractivity contribution < 1.29 is 4.79 Å². The third-order valence-electron chi connectivity index (χ3n) is 2.85.